The van der Waals surface area contributed by atoms with Crippen LogP contribution in [0.1, 0.15) is 21.7 Å². The van der Waals surface area contributed by atoms with Gasteiger partial charge in [-0.15, -0.1) is 0 Å². The van der Waals surface area contributed by atoms with Crippen LogP contribution in [0.4, 0.5) is 0 Å². The number of esters is 1. The van der Waals surface area contributed by atoms with E-state index in [9.17, 15) is 14.9 Å². The van der Waals surface area contributed by atoms with Crippen LogP contribution in [0.2, 0.25) is 0 Å². The zero-order chi connectivity index (χ0) is 21.3. The molecule has 0 fully saturated rings. The van der Waals surface area contributed by atoms with Crippen LogP contribution in [0.15, 0.2) is 76.9 Å². The van der Waals surface area contributed by atoms with Crippen molar-refractivity contribution in [2.75, 3.05) is 7.11 Å². The van der Waals surface area contributed by atoms with Crippen LogP contribution in [-0.4, -0.2) is 19.0 Å². The number of ether oxygens (including phenoxy) is 2. The van der Waals surface area contributed by atoms with Gasteiger partial charge in [-0.2, -0.15) is 5.26 Å². The van der Waals surface area contributed by atoms with Gasteiger partial charge in [0.1, 0.15) is 28.9 Å². The second kappa shape index (κ2) is 9.75. The molecule has 0 bridgehead atoms. The van der Waals surface area contributed by atoms with Gasteiger partial charge in [-0.1, -0.05) is 12.1 Å². The van der Waals surface area contributed by atoms with E-state index >= 15 is 0 Å². The summed E-state index contributed by atoms with van der Waals surface area (Å²) >= 11 is 0. The van der Waals surface area contributed by atoms with E-state index < -0.39 is 11.9 Å². The van der Waals surface area contributed by atoms with Gasteiger partial charge in [0, 0.05) is 0 Å². The summed E-state index contributed by atoms with van der Waals surface area (Å²) in [4.78, 5) is 24.4. The first kappa shape index (κ1) is 20.4. The van der Waals surface area contributed by atoms with Crippen LogP contribution < -0.4 is 14.8 Å². The summed E-state index contributed by atoms with van der Waals surface area (Å²) in [6.07, 6.45) is 2.96. The van der Waals surface area contributed by atoms with E-state index in [1.807, 2.05) is 6.07 Å². The molecule has 7 nitrogen and oxygen atoms in total. The highest BCUT2D eigenvalue weighted by Gasteiger charge is 2.11. The van der Waals surface area contributed by atoms with Crippen molar-refractivity contribution in [2.45, 2.75) is 6.54 Å². The van der Waals surface area contributed by atoms with Crippen LogP contribution in [-0.2, 0) is 11.3 Å². The molecule has 0 aliphatic carbocycles. The molecule has 1 N–H and O–H groups in total. The highest BCUT2D eigenvalue weighted by Crippen LogP contribution is 2.18. The molecule has 1 heterocycles. The Balaban J connectivity index is 1.62. The minimum Gasteiger partial charge on any atom is -0.497 e. The minimum absolute atomic E-state index is 0.0514. The minimum atomic E-state index is -0.510. The maximum Gasteiger partial charge on any atom is 0.343 e. The van der Waals surface area contributed by atoms with Crippen LogP contribution in [0, 0.1) is 11.3 Å². The van der Waals surface area contributed by atoms with Crippen molar-refractivity contribution in [3.8, 4) is 17.6 Å². The first-order valence-corrected chi connectivity index (χ1v) is 8.97. The van der Waals surface area contributed by atoms with E-state index in [1.54, 1.807) is 67.8 Å². The molecule has 0 saturated carbocycles. The number of nitriles is 1. The van der Waals surface area contributed by atoms with Crippen molar-refractivity contribution in [3.05, 3.63) is 89.4 Å². The Bertz CT molecular complexity index is 1080. The largest absolute Gasteiger partial charge is 0.497 e. The maximum atomic E-state index is 12.2. The summed E-state index contributed by atoms with van der Waals surface area (Å²) in [6.45, 7) is 0.186. The number of nitrogens with one attached hydrogen (secondary N) is 1. The van der Waals surface area contributed by atoms with E-state index in [2.05, 4.69) is 5.32 Å². The molecule has 150 valence electrons. The number of amides is 1. The third-order valence-electron chi connectivity index (χ3n) is 4.10. The maximum absolute atomic E-state index is 12.2. The lowest BCUT2D eigenvalue weighted by Crippen LogP contribution is -2.23. The summed E-state index contributed by atoms with van der Waals surface area (Å²) in [6, 6.07) is 18.3. The highest BCUT2D eigenvalue weighted by molar-refractivity contribution is 6.01. The monoisotopic (exact) mass is 402 g/mol. The molecule has 0 saturated heterocycles. The van der Waals surface area contributed by atoms with Crippen molar-refractivity contribution in [3.63, 3.8) is 0 Å². The van der Waals surface area contributed by atoms with Gasteiger partial charge in [0.15, 0.2) is 0 Å². The van der Waals surface area contributed by atoms with E-state index in [0.29, 0.717) is 28.4 Å². The molecule has 0 aliphatic rings. The standard InChI is InChI=1S/C23H18N2O5/c1-28-19-10-6-17(7-11-19)23(27)30-20-8-4-16(5-9-20)13-18(14-24)22(26)25-15-21-3-2-12-29-21/h2-13H,15H2,1H3,(H,25,26)/b18-13+. The molecule has 3 rings (SSSR count). The third kappa shape index (κ3) is 5.36. The molecule has 1 amide bonds. The van der Waals surface area contributed by atoms with Gasteiger partial charge >= 0.3 is 5.97 Å². The number of hydrogen-bond donors (Lipinski definition) is 1. The van der Waals surface area contributed by atoms with Gasteiger partial charge in [-0.3, -0.25) is 4.79 Å². The molecule has 0 aliphatic heterocycles. The van der Waals surface area contributed by atoms with Gasteiger partial charge in [-0.25, -0.2) is 4.79 Å². The van der Waals surface area contributed by atoms with E-state index in [0.717, 1.165) is 0 Å². The average Bonchev–Trinajstić information content (AvgIpc) is 3.30. The van der Waals surface area contributed by atoms with Gasteiger partial charge in [0.25, 0.3) is 5.91 Å². The molecular weight excluding hydrogens is 384 g/mol. The lowest BCUT2D eigenvalue weighted by molar-refractivity contribution is -0.117. The van der Waals surface area contributed by atoms with Gasteiger partial charge in [0.2, 0.25) is 0 Å². The molecule has 3 aromatic rings. The first-order valence-electron chi connectivity index (χ1n) is 8.97. The molecule has 0 unspecified atom stereocenters. The third-order valence-corrected chi connectivity index (χ3v) is 4.10. The van der Waals surface area contributed by atoms with E-state index in [-0.39, 0.29) is 12.1 Å². The van der Waals surface area contributed by atoms with Crippen LogP contribution in [0.3, 0.4) is 0 Å². The second-order valence-corrected chi connectivity index (χ2v) is 6.12. The van der Waals surface area contributed by atoms with Crippen LogP contribution >= 0.6 is 0 Å². The number of rotatable bonds is 7. The number of carbonyl (C=O) groups excluding carboxylic acids is 2. The quantitative estimate of drug-likeness (QED) is 0.280. The van der Waals surface area contributed by atoms with E-state index in [4.69, 9.17) is 13.9 Å². The van der Waals surface area contributed by atoms with E-state index in [1.165, 1.54) is 12.3 Å². The van der Waals surface area contributed by atoms with Crippen LogP contribution in [0.25, 0.3) is 6.08 Å². The Morgan fingerprint density at radius 3 is 2.37 bits per heavy atom. The summed E-state index contributed by atoms with van der Waals surface area (Å²) < 4.78 is 15.5. The average molecular weight is 402 g/mol. The molecule has 0 radical (unpaired) electrons. The Kier molecular flexibility index (Phi) is 6.64. The summed E-state index contributed by atoms with van der Waals surface area (Å²) in [5.41, 5.74) is 0.952. The number of hydrogen-bond acceptors (Lipinski definition) is 6. The molecule has 7 heteroatoms. The predicted octanol–water partition coefficient (Wildman–Crippen LogP) is 3.73. The molecule has 30 heavy (non-hydrogen) atoms. The van der Waals surface area contributed by atoms with Crippen molar-refractivity contribution in [2.24, 2.45) is 0 Å². The molecule has 0 spiro atoms. The van der Waals surface area contributed by atoms with Crippen molar-refractivity contribution >= 4 is 18.0 Å². The number of carbonyl (C=O) groups is 2. The summed E-state index contributed by atoms with van der Waals surface area (Å²) in [5, 5.41) is 11.9. The fraction of sp³-hybridized carbons (Fsp3) is 0.0870. The number of nitrogens with zero attached hydrogens (tertiary/aromatic N) is 1. The van der Waals surface area contributed by atoms with Gasteiger partial charge < -0.3 is 19.2 Å². The lowest BCUT2D eigenvalue weighted by atomic mass is 10.1. The van der Waals surface area contributed by atoms with Gasteiger partial charge in [-0.05, 0) is 60.2 Å². The summed E-state index contributed by atoms with van der Waals surface area (Å²) in [5.74, 6) is 0.557. The Hall–Kier alpha value is -4.31. The topological polar surface area (TPSA) is 102 Å². The zero-order valence-corrected chi connectivity index (χ0v) is 16.1. The first-order chi connectivity index (χ1) is 14.6. The van der Waals surface area contributed by atoms with Crippen molar-refractivity contribution in [1.82, 2.24) is 5.32 Å². The van der Waals surface area contributed by atoms with Crippen molar-refractivity contribution < 1.29 is 23.5 Å². The molecule has 1 aromatic heterocycles. The fourth-order valence-electron chi connectivity index (χ4n) is 2.52. The zero-order valence-electron chi connectivity index (χ0n) is 16.1. The second-order valence-electron chi connectivity index (χ2n) is 6.12. The molecule has 2 aromatic carbocycles. The van der Waals surface area contributed by atoms with Gasteiger partial charge in [0.05, 0.1) is 25.5 Å². The fourth-order valence-corrected chi connectivity index (χ4v) is 2.52. The Labute approximate surface area is 173 Å². The highest BCUT2D eigenvalue weighted by atomic mass is 16.5. The summed E-state index contributed by atoms with van der Waals surface area (Å²) in [7, 11) is 1.55. The number of methoxy groups -OCH3 is 1. The predicted molar refractivity (Wildman–Crippen MR) is 109 cm³/mol. The molecule has 0 atom stereocenters. The Morgan fingerprint density at radius 2 is 1.77 bits per heavy atom. The lowest BCUT2D eigenvalue weighted by Gasteiger charge is -2.06. The number of benzene rings is 2. The van der Waals surface area contributed by atoms with Crippen LogP contribution in [0.5, 0.6) is 11.5 Å². The Morgan fingerprint density at radius 1 is 1.07 bits per heavy atom. The van der Waals surface area contributed by atoms with Crippen molar-refractivity contribution in [1.29, 1.82) is 5.26 Å². The SMILES string of the molecule is COc1ccc(C(=O)Oc2ccc(/C=C(\C#N)C(=O)NCc3ccco3)cc2)cc1. The molecular formula is C23H18N2O5. The normalized spacial score (nSPS) is 10.7. The number of furan rings is 1. The smallest absolute Gasteiger partial charge is 0.343 e.